The molecule has 0 saturated carbocycles. The Hall–Kier alpha value is -1.72. The first kappa shape index (κ1) is 17.1. The third-order valence-corrected chi connectivity index (χ3v) is 5.46. The Morgan fingerprint density at radius 1 is 1.12 bits per heavy atom. The molecule has 1 aliphatic rings. The van der Waals surface area contributed by atoms with E-state index in [1.807, 2.05) is 30.9 Å². The molecular weight excluding hydrogens is 318 g/mol. The highest BCUT2D eigenvalue weighted by Crippen LogP contribution is 2.16. The molecule has 1 aromatic heterocycles. The van der Waals surface area contributed by atoms with E-state index in [4.69, 9.17) is 0 Å². The largest absolute Gasteiger partial charge is 0.336 e. The fraction of sp³-hybridized carbons (Fsp3) is 0.474. The fourth-order valence-electron chi connectivity index (χ4n) is 3.20. The summed E-state index contributed by atoms with van der Waals surface area (Å²) in [5.41, 5.74) is 4.26. The van der Waals surface area contributed by atoms with Crippen molar-refractivity contribution in [2.24, 2.45) is 0 Å². The second-order valence-electron chi connectivity index (χ2n) is 6.53. The van der Waals surface area contributed by atoms with E-state index in [-0.39, 0.29) is 5.91 Å². The van der Waals surface area contributed by atoms with Crippen LogP contribution in [0.25, 0.3) is 0 Å². The maximum Gasteiger partial charge on any atom is 0.253 e. The van der Waals surface area contributed by atoms with E-state index in [1.165, 1.54) is 5.01 Å². The summed E-state index contributed by atoms with van der Waals surface area (Å²) in [6, 6.07) is 6.08. The summed E-state index contributed by atoms with van der Waals surface area (Å²) in [6.07, 6.45) is 1.00. The first-order valence-corrected chi connectivity index (χ1v) is 9.46. The van der Waals surface area contributed by atoms with Crippen LogP contribution < -0.4 is 0 Å². The first-order valence-electron chi connectivity index (χ1n) is 8.58. The molecule has 2 heterocycles. The maximum atomic E-state index is 12.7. The predicted molar refractivity (Wildman–Crippen MR) is 98.6 cm³/mol. The standard InChI is InChI=1S/C19H25N3OS/c1-4-18-20-17(13-24-18)12-21-5-7-22(8-6-21)19(23)16-10-14(2)9-15(3)11-16/h9-11,13H,4-8,12H2,1-3H3. The van der Waals surface area contributed by atoms with Crippen LogP contribution in [-0.2, 0) is 13.0 Å². The molecule has 128 valence electrons. The van der Waals surface area contributed by atoms with Crippen LogP contribution in [0.5, 0.6) is 0 Å². The number of aromatic nitrogens is 1. The number of carbonyl (C=O) groups is 1. The van der Waals surface area contributed by atoms with Gasteiger partial charge in [-0.1, -0.05) is 24.1 Å². The Bertz CT molecular complexity index is 697. The zero-order valence-electron chi connectivity index (χ0n) is 14.7. The van der Waals surface area contributed by atoms with Crippen molar-refractivity contribution in [3.63, 3.8) is 0 Å². The highest BCUT2D eigenvalue weighted by molar-refractivity contribution is 7.09. The van der Waals surface area contributed by atoms with E-state index < -0.39 is 0 Å². The summed E-state index contributed by atoms with van der Waals surface area (Å²) < 4.78 is 0. The zero-order chi connectivity index (χ0) is 17.1. The second kappa shape index (κ2) is 7.45. The third-order valence-electron chi connectivity index (χ3n) is 4.42. The van der Waals surface area contributed by atoms with Crippen LogP contribution in [0.3, 0.4) is 0 Å². The average Bonchev–Trinajstić information content (AvgIpc) is 3.01. The summed E-state index contributed by atoms with van der Waals surface area (Å²) in [5.74, 6) is 0.156. The molecule has 4 nitrogen and oxygen atoms in total. The summed E-state index contributed by atoms with van der Waals surface area (Å²) in [4.78, 5) is 21.7. The molecule has 24 heavy (non-hydrogen) atoms. The molecule has 0 atom stereocenters. The minimum Gasteiger partial charge on any atom is -0.336 e. The lowest BCUT2D eigenvalue weighted by molar-refractivity contribution is 0.0627. The highest BCUT2D eigenvalue weighted by Gasteiger charge is 2.22. The number of hydrogen-bond donors (Lipinski definition) is 0. The lowest BCUT2D eigenvalue weighted by Crippen LogP contribution is -2.48. The van der Waals surface area contributed by atoms with E-state index >= 15 is 0 Å². The molecule has 0 bridgehead atoms. The molecule has 1 fully saturated rings. The number of hydrogen-bond acceptors (Lipinski definition) is 4. The normalized spacial score (nSPS) is 15.7. The SMILES string of the molecule is CCc1nc(CN2CCN(C(=O)c3cc(C)cc(C)c3)CC2)cs1. The van der Waals surface area contributed by atoms with Gasteiger partial charge in [-0.15, -0.1) is 11.3 Å². The number of aryl methyl sites for hydroxylation is 3. The molecule has 0 radical (unpaired) electrons. The topological polar surface area (TPSA) is 36.4 Å². The summed E-state index contributed by atoms with van der Waals surface area (Å²) in [7, 11) is 0. The first-order chi connectivity index (χ1) is 11.5. The molecular formula is C19H25N3OS. The van der Waals surface area contributed by atoms with Gasteiger partial charge < -0.3 is 4.90 Å². The zero-order valence-corrected chi connectivity index (χ0v) is 15.5. The number of amides is 1. The van der Waals surface area contributed by atoms with E-state index in [2.05, 4.69) is 28.3 Å². The summed E-state index contributed by atoms with van der Waals surface area (Å²) >= 11 is 1.74. The number of rotatable bonds is 4. The molecule has 1 amide bonds. The van der Waals surface area contributed by atoms with Gasteiger partial charge in [-0.3, -0.25) is 9.69 Å². The number of thiazole rings is 1. The Morgan fingerprint density at radius 3 is 2.38 bits per heavy atom. The van der Waals surface area contributed by atoms with Crippen molar-refractivity contribution in [1.82, 2.24) is 14.8 Å². The number of nitrogens with zero attached hydrogens (tertiary/aromatic N) is 3. The van der Waals surface area contributed by atoms with Crippen LogP contribution in [0.4, 0.5) is 0 Å². The maximum absolute atomic E-state index is 12.7. The molecule has 5 heteroatoms. The molecule has 3 rings (SSSR count). The lowest BCUT2D eigenvalue weighted by Gasteiger charge is -2.34. The van der Waals surface area contributed by atoms with Gasteiger partial charge in [0.1, 0.15) is 0 Å². The molecule has 1 aliphatic heterocycles. The smallest absolute Gasteiger partial charge is 0.253 e. The van der Waals surface area contributed by atoms with Crippen LogP contribution in [0.15, 0.2) is 23.6 Å². The minimum atomic E-state index is 0.156. The van der Waals surface area contributed by atoms with Crippen LogP contribution in [-0.4, -0.2) is 46.9 Å². The molecule has 1 saturated heterocycles. The summed E-state index contributed by atoms with van der Waals surface area (Å²) in [5, 5.41) is 3.36. The van der Waals surface area contributed by atoms with Crippen LogP contribution in [0, 0.1) is 13.8 Å². The molecule has 0 spiro atoms. The van der Waals surface area contributed by atoms with Gasteiger partial charge in [0.2, 0.25) is 0 Å². The van der Waals surface area contributed by atoms with Crippen molar-refractivity contribution in [2.75, 3.05) is 26.2 Å². The quantitative estimate of drug-likeness (QED) is 0.855. The van der Waals surface area contributed by atoms with E-state index in [0.717, 1.165) is 61.5 Å². The average molecular weight is 343 g/mol. The van der Waals surface area contributed by atoms with Crippen molar-refractivity contribution in [3.8, 4) is 0 Å². The molecule has 0 N–H and O–H groups in total. The minimum absolute atomic E-state index is 0.156. The number of benzene rings is 1. The molecule has 0 unspecified atom stereocenters. The van der Waals surface area contributed by atoms with E-state index in [9.17, 15) is 4.79 Å². The Morgan fingerprint density at radius 2 is 1.79 bits per heavy atom. The molecule has 2 aromatic rings. The third kappa shape index (κ3) is 4.02. The van der Waals surface area contributed by atoms with Crippen molar-refractivity contribution in [2.45, 2.75) is 33.7 Å². The van der Waals surface area contributed by atoms with Crippen LogP contribution in [0.2, 0.25) is 0 Å². The molecule has 0 aliphatic carbocycles. The number of piperazine rings is 1. The Labute approximate surface area is 148 Å². The second-order valence-corrected chi connectivity index (χ2v) is 7.47. The lowest BCUT2D eigenvalue weighted by atomic mass is 10.1. The number of carbonyl (C=O) groups excluding carboxylic acids is 1. The highest BCUT2D eigenvalue weighted by atomic mass is 32.1. The van der Waals surface area contributed by atoms with Gasteiger partial charge in [0.15, 0.2) is 0 Å². The van der Waals surface area contributed by atoms with Crippen molar-refractivity contribution >= 4 is 17.2 Å². The van der Waals surface area contributed by atoms with Gasteiger partial charge in [-0.2, -0.15) is 0 Å². The van der Waals surface area contributed by atoms with Crippen molar-refractivity contribution in [1.29, 1.82) is 0 Å². The van der Waals surface area contributed by atoms with E-state index in [1.54, 1.807) is 11.3 Å². The monoisotopic (exact) mass is 343 g/mol. The Balaban J connectivity index is 1.57. The van der Waals surface area contributed by atoms with Crippen LogP contribution in [0.1, 0.15) is 39.1 Å². The van der Waals surface area contributed by atoms with Gasteiger partial charge in [0.25, 0.3) is 5.91 Å². The van der Waals surface area contributed by atoms with Crippen LogP contribution >= 0.6 is 11.3 Å². The summed E-state index contributed by atoms with van der Waals surface area (Å²) in [6.45, 7) is 10.5. The Kier molecular flexibility index (Phi) is 5.31. The van der Waals surface area contributed by atoms with E-state index in [0.29, 0.717) is 0 Å². The van der Waals surface area contributed by atoms with Gasteiger partial charge in [0, 0.05) is 43.7 Å². The molecule has 1 aromatic carbocycles. The van der Waals surface area contributed by atoms with Gasteiger partial charge in [-0.05, 0) is 32.4 Å². The van der Waals surface area contributed by atoms with Crippen molar-refractivity contribution < 1.29 is 4.79 Å². The van der Waals surface area contributed by atoms with Gasteiger partial charge >= 0.3 is 0 Å². The fourth-order valence-corrected chi connectivity index (χ4v) is 3.94. The van der Waals surface area contributed by atoms with Gasteiger partial charge in [0.05, 0.1) is 10.7 Å². The van der Waals surface area contributed by atoms with Crippen molar-refractivity contribution in [3.05, 3.63) is 51.0 Å². The van der Waals surface area contributed by atoms with Gasteiger partial charge in [-0.25, -0.2) is 4.98 Å². The predicted octanol–water partition coefficient (Wildman–Crippen LogP) is 3.28.